The van der Waals surface area contributed by atoms with Crippen molar-refractivity contribution < 1.29 is 19.0 Å². The Bertz CT molecular complexity index is 838. The SMILES string of the molecule is Cc1cccc2c1N(Cc1ccc(OC(C)C)cc1)C(=O)C21OCCCO1. The third-order valence-corrected chi connectivity index (χ3v) is 4.92. The van der Waals surface area contributed by atoms with Crippen LogP contribution >= 0.6 is 0 Å². The molecule has 1 fully saturated rings. The van der Waals surface area contributed by atoms with E-state index in [0.717, 1.165) is 34.5 Å². The summed E-state index contributed by atoms with van der Waals surface area (Å²) in [5.41, 5.74) is 3.77. The monoisotopic (exact) mass is 367 g/mol. The second kappa shape index (κ2) is 6.98. The van der Waals surface area contributed by atoms with Gasteiger partial charge in [-0.25, -0.2) is 0 Å². The number of aryl methyl sites for hydroxylation is 1. The van der Waals surface area contributed by atoms with E-state index >= 15 is 0 Å². The fourth-order valence-corrected chi connectivity index (χ4v) is 3.77. The zero-order valence-corrected chi connectivity index (χ0v) is 16.0. The maximum absolute atomic E-state index is 13.4. The highest BCUT2D eigenvalue weighted by Crippen LogP contribution is 2.47. The summed E-state index contributed by atoms with van der Waals surface area (Å²) in [7, 11) is 0. The van der Waals surface area contributed by atoms with Crippen LogP contribution in [0.3, 0.4) is 0 Å². The number of fused-ring (bicyclic) bond motifs is 2. The van der Waals surface area contributed by atoms with E-state index in [1.807, 2.05) is 63.2 Å². The standard InChI is InChI=1S/C22H25NO4/c1-15(2)27-18-10-8-17(9-11-18)14-23-20-16(3)6-4-7-19(20)22(21(23)24)25-12-5-13-26-22/h4,6-11,15H,5,12-14H2,1-3H3. The number of amides is 1. The highest BCUT2D eigenvalue weighted by atomic mass is 16.7. The van der Waals surface area contributed by atoms with Crippen molar-refractivity contribution in [2.24, 2.45) is 0 Å². The number of nitrogens with zero attached hydrogens (tertiary/aromatic N) is 1. The van der Waals surface area contributed by atoms with Crippen molar-refractivity contribution in [2.75, 3.05) is 18.1 Å². The number of hydrogen-bond acceptors (Lipinski definition) is 4. The first-order chi connectivity index (χ1) is 13.0. The quantitative estimate of drug-likeness (QED) is 0.822. The Balaban J connectivity index is 1.66. The van der Waals surface area contributed by atoms with Crippen molar-refractivity contribution in [3.63, 3.8) is 0 Å². The predicted octanol–water partition coefficient (Wildman–Crippen LogP) is 3.92. The number of rotatable bonds is 4. The van der Waals surface area contributed by atoms with Crippen LogP contribution in [0.1, 0.15) is 37.0 Å². The molecule has 0 radical (unpaired) electrons. The molecule has 1 amide bonds. The molecule has 2 aromatic rings. The molecule has 5 heteroatoms. The first-order valence-electron chi connectivity index (χ1n) is 9.47. The molecule has 4 rings (SSSR count). The number of anilines is 1. The maximum atomic E-state index is 13.4. The Morgan fingerprint density at radius 3 is 2.48 bits per heavy atom. The van der Waals surface area contributed by atoms with E-state index < -0.39 is 5.79 Å². The van der Waals surface area contributed by atoms with Gasteiger partial charge in [0.05, 0.1) is 31.5 Å². The van der Waals surface area contributed by atoms with Crippen LogP contribution in [0, 0.1) is 6.92 Å². The van der Waals surface area contributed by atoms with Crippen LogP contribution in [0.25, 0.3) is 0 Å². The largest absolute Gasteiger partial charge is 0.491 e. The Morgan fingerprint density at radius 2 is 1.81 bits per heavy atom. The summed E-state index contributed by atoms with van der Waals surface area (Å²) < 4.78 is 17.5. The zero-order valence-electron chi connectivity index (χ0n) is 16.0. The maximum Gasteiger partial charge on any atom is 0.292 e. The average molecular weight is 367 g/mol. The summed E-state index contributed by atoms with van der Waals surface area (Å²) in [5.74, 6) is -0.608. The summed E-state index contributed by atoms with van der Waals surface area (Å²) in [4.78, 5) is 15.1. The normalized spacial score (nSPS) is 18.2. The van der Waals surface area contributed by atoms with Gasteiger partial charge in [0.15, 0.2) is 0 Å². The van der Waals surface area contributed by atoms with Crippen molar-refractivity contribution in [1.29, 1.82) is 0 Å². The highest BCUT2D eigenvalue weighted by Gasteiger charge is 2.55. The molecular weight excluding hydrogens is 342 g/mol. The molecule has 0 unspecified atom stereocenters. The Hall–Kier alpha value is -2.37. The van der Waals surface area contributed by atoms with Crippen LogP contribution in [0.4, 0.5) is 5.69 Å². The third kappa shape index (κ3) is 3.11. The predicted molar refractivity (Wildman–Crippen MR) is 103 cm³/mol. The van der Waals surface area contributed by atoms with Crippen molar-refractivity contribution in [1.82, 2.24) is 0 Å². The molecule has 0 N–H and O–H groups in total. The third-order valence-electron chi connectivity index (χ3n) is 4.92. The summed E-state index contributed by atoms with van der Waals surface area (Å²) >= 11 is 0. The van der Waals surface area contributed by atoms with Gasteiger partial charge in [0.1, 0.15) is 5.75 Å². The van der Waals surface area contributed by atoms with E-state index in [0.29, 0.717) is 19.8 Å². The van der Waals surface area contributed by atoms with Crippen LogP contribution in [0.2, 0.25) is 0 Å². The fourth-order valence-electron chi connectivity index (χ4n) is 3.77. The number of carbonyl (C=O) groups is 1. The number of ether oxygens (including phenoxy) is 3. The van der Waals surface area contributed by atoms with Crippen molar-refractivity contribution in [3.05, 3.63) is 59.2 Å². The fraction of sp³-hybridized carbons (Fsp3) is 0.409. The molecule has 0 saturated carbocycles. The minimum Gasteiger partial charge on any atom is -0.491 e. The topological polar surface area (TPSA) is 48.0 Å². The van der Waals surface area contributed by atoms with Gasteiger partial charge >= 0.3 is 0 Å². The number of hydrogen-bond donors (Lipinski definition) is 0. The highest BCUT2D eigenvalue weighted by molar-refractivity contribution is 6.06. The molecule has 0 aromatic heterocycles. The van der Waals surface area contributed by atoms with Crippen LogP contribution < -0.4 is 9.64 Å². The molecule has 2 aliphatic rings. The molecule has 2 aliphatic heterocycles. The lowest BCUT2D eigenvalue weighted by molar-refractivity contribution is -0.256. The molecule has 27 heavy (non-hydrogen) atoms. The van der Waals surface area contributed by atoms with E-state index in [2.05, 4.69) is 0 Å². The number of benzene rings is 2. The first-order valence-corrected chi connectivity index (χ1v) is 9.47. The van der Waals surface area contributed by atoms with Crippen molar-refractivity contribution >= 4 is 11.6 Å². The van der Waals surface area contributed by atoms with Gasteiger partial charge in [0, 0.05) is 5.56 Å². The molecule has 1 spiro atoms. The summed E-state index contributed by atoms with van der Waals surface area (Å²) in [6.45, 7) is 7.52. The molecule has 2 heterocycles. The summed E-state index contributed by atoms with van der Waals surface area (Å²) in [5, 5.41) is 0. The van der Waals surface area contributed by atoms with Crippen molar-refractivity contribution in [2.45, 2.75) is 45.6 Å². The van der Waals surface area contributed by atoms with Gasteiger partial charge in [-0.3, -0.25) is 4.79 Å². The van der Waals surface area contributed by atoms with Crippen molar-refractivity contribution in [3.8, 4) is 5.75 Å². The minimum absolute atomic E-state index is 0.131. The van der Waals surface area contributed by atoms with Gasteiger partial charge in [-0.05, 0) is 50.5 Å². The molecular formula is C22H25NO4. The van der Waals surface area contributed by atoms with E-state index in [1.165, 1.54) is 0 Å². The summed E-state index contributed by atoms with van der Waals surface area (Å²) in [6.07, 6.45) is 0.930. The molecule has 0 aliphatic carbocycles. The number of para-hydroxylation sites is 1. The summed E-state index contributed by atoms with van der Waals surface area (Å²) in [6, 6.07) is 13.8. The lowest BCUT2D eigenvalue weighted by Crippen LogP contribution is -2.47. The zero-order chi connectivity index (χ0) is 19.0. The van der Waals surface area contributed by atoms with Crippen LogP contribution in [-0.4, -0.2) is 25.2 Å². The van der Waals surface area contributed by atoms with Gasteiger partial charge in [-0.15, -0.1) is 0 Å². The average Bonchev–Trinajstić information content (AvgIpc) is 2.87. The minimum atomic E-state index is -1.29. The smallest absolute Gasteiger partial charge is 0.292 e. The van der Waals surface area contributed by atoms with Gasteiger partial charge in [-0.1, -0.05) is 30.3 Å². The number of carbonyl (C=O) groups excluding carboxylic acids is 1. The second-order valence-electron chi connectivity index (χ2n) is 7.34. The van der Waals surface area contributed by atoms with E-state index in [-0.39, 0.29) is 12.0 Å². The lowest BCUT2D eigenvalue weighted by atomic mass is 10.0. The lowest BCUT2D eigenvalue weighted by Gasteiger charge is -2.32. The molecule has 0 bridgehead atoms. The van der Waals surface area contributed by atoms with Gasteiger partial charge < -0.3 is 19.1 Å². The van der Waals surface area contributed by atoms with Gasteiger partial charge in [0.25, 0.3) is 11.7 Å². The van der Waals surface area contributed by atoms with Gasteiger partial charge in [0.2, 0.25) is 0 Å². The van der Waals surface area contributed by atoms with Crippen LogP contribution in [0.15, 0.2) is 42.5 Å². The van der Waals surface area contributed by atoms with Gasteiger partial charge in [-0.2, -0.15) is 0 Å². The Kier molecular flexibility index (Phi) is 4.66. The first kappa shape index (κ1) is 18.0. The molecule has 5 nitrogen and oxygen atoms in total. The second-order valence-corrected chi connectivity index (χ2v) is 7.34. The molecule has 0 atom stereocenters. The molecule has 2 aromatic carbocycles. The molecule has 142 valence electrons. The Morgan fingerprint density at radius 1 is 1.11 bits per heavy atom. The Labute approximate surface area is 159 Å². The van der Waals surface area contributed by atoms with E-state index in [4.69, 9.17) is 14.2 Å². The van der Waals surface area contributed by atoms with Crippen LogP contribution in [-0.2, 0) is 26.6 Å². The van der Waals surface area contributed by atoms with E-state index in [9.17, 15) is 4.79 Å². The van der Waals surface area contributed by atoms with E-state index in [1.54, 1.807) is 4.90 Å². The van der Waals surface area contributed by atoms with Crippen LogP contribution in [0.5, 0.6) is 5.75 Å². The molecule has 1 saturated heterocycles.